The lowest BCUT2D eigenvalue weighted by atomic mass is 10.00. The molecule has 150 valence electrons. The van der Waals surface area contributed by atoms with Crippen LogP contribution in [0.25, 0.3) is 0 Å². The van der Waals surface area contributed by atoms with E-state index in [4.69, 9.17) is 0 Å². The van der Waals surface area contributed by atoms with E-state index in [0.717, 1.165) is 12.8 Å². The molecule has 0 unspecified atom stereocenters. The van der Waals surface area contributed by atoms with Crippen molar-refractivity contribution in [2.75, 3.05) is 0 Å². The summed E-state index contributed by atoms with van der Waals surface area (Å²) in [5, 5.41) is 9.59. The van der Waals surface area contributed by atoms with E-state index in [2.05, 4.69) is 0 Å². The standard InChI is InChI=1S/C12H24O.C12H24/c13-12-10-8-6-4-2-1-3-5-7-9-11-12;1-2-4-6-8-10-12-11-9-7-5-3-1/h12-13H,1-11H2;1-12H2. The maximum atomic E-state index is 9.59. The van der Waals surface area contributed by atoms with Gasteiger partial charge in [0, 0.05) is 0 Å². The number of aliphatic hydroxyl groups excluding tert-OH is 1. The molecule has 1 N–H and O–H groups in total. The van der Waals surface area contributed by atoms with Crippen molar-refractivity contribution in [3.8, 4) is 0 Å². The summed E-state index contributed by atoms with van der Waals surface area (Å²) >= 11 is 0. The third-order valence-electron chi connectivity index (χ3n) is 6.07. The van der Waals surface area contributed by atoms with Crippen LogP contribution in [0, 0.1) is 0 Å². The van der Waals surface area contributed by atoms with Crippen LogP contribution in [0.4, 0.5) is 0 Å². The van der Waals surface area contributed by atoms with Crippen molar-refractivity contribution in [2.24, 2.45) is 0 Å². The lowest BCUT2D eigenvalue weighted by Gasteiger charge is -2.11. The summed E-state index contributed by atoms with van der Waals surface area (Å²) in [4.78, 5) is 0. The quantitative estimate of drug-likeness (QED) is 0.464. The summed E-state index contributed by atoms with van der Waals surface area (Å²) in [5.74, 6) is 0. The first-order valence-corrected chi connectivity index (χ1v) is 12.1. The average Bonchev–Trinajstić information content (AvgIpc) is 2.59. The molecule has 0 heterocycles. The molecule has 2 saturated carbocycles. The van der Waals surface area contributed by atoms with Crippen molar-refractivity contribution in [2.45, 2.75) is 154 Å². The molecule has 0 aliphatic heterocycles. The Labute approximate surface area is 159 Å². The second-order valence-electron chi connectivity index (χ2n) is 8.66. The van der Waals surface area contributed by atoms with E-state index in [9.17, 15) is 5.11 Å². The van der Waals surface area contributed by atoms with Crippen LogP contribution in [-0.4, -0.2) is 11.2 Å². The van der Waals surface area contributed by atoms with Crippen molar-refractivity contribution in [1.82, 2.24) is 0 Å². The number of hydrogen-bond acceptors (Lipinski definition) is 1. The normalized spacial score (nSPS) is 24.4. The third-order valence-corrected chi connectivity index (χ3v) is 6.07. The Morgan fingerprint density at radius 1 is 0.280 bits per heavy atom. The maximum absolute atomic E-state index is 9.59. The summed E-state index contributed by atoms with van der Waals surface area (Å²) in [5.41, 5.74) is 0. The van der Waals surface area contributed by atoms with Crippen molar-refractivity contribution < 1.29 is 5.11 Å². The largest absolute Gasteiger partial charge is 0.393 e. The summed E-state index contributed by atoms with van der Waals surface area (Å²) in [6, 6.07) is 0. The highest BCUT2D eigenvalue weighted by Gasteiger charge is 2.04. The van der Waals surface area contributed by atoms with Gasteiger partial charge in [-0.05, 0) is 12.8 Å². The van der Waals surface area contributed by atoms with Crippen molar-refractivity contribution in [1.29, 1.82) is 0 Å². The Bertz CT molecular complexity index is 195. The van der Waals surface area contributed by atoms with E-state index >= 15 is 0 Å². The molecule has 0 aromatic carbocycles. The molecule has 2 aliphatic carbocycles. The fourth-order valence-electron chi connectivity index (χ4n) is 4.26. The summed E-state index contributed by atoms with van der Waals surface area (Å²) in [6.45, 7) is 0. The van der Waals surface area contributed by atoms with Gasteiger partial charge in [-0.3, -0.25) is 0 Å². The highest BCUT2D eigenvalue weighted by molar-refractivity contribution is 4.58. The maximum Gasteiger partial charge on any atom is 0.0540 e. The van der Waals surface area contributed by atoms with Crippen LogP contribution in [0.15, 0.2) is 0 Å². The van der Waals surface area contributed by atoms with Crippen LogP contribution in [-0.2, 0) is 0 Å². The Hall–Kier alpha value is -0.0400. The highest BCUT2D eigenvalue weighted by Crippen LogP contribution is 2.17. The first kappa shape index (κ1) is 23.0. The molecule has 2 rings (SSSR count). The van der Waals surface area contributed by atoms with Crippen molar-refractivity contribution in [3.05, 3.63) is 0 Å². The molecular weight excluding hydrogens is 304 g/mol. The van der Waals surface area contributed by atoms with Crippen LogP contribution < -0.4 is 0 Å². The summed E-state index contributed by atoms with van der Waals surface area (Å²) in [6.07, 6.45) is 32.2. The molecule has 0 bridgehead atoms. The van der Waals surface area contributed by atoms with Gasteiger partial charge >= 0.3 is 0 Å². The second kappa shape index (κ2) is 18.7. The number of hydrogen-bond donors (Lipinski definition) is 1. The van der Waals surface area contributed by atoms with Crippen LogP contribution >= 0.6 is 0 Å². The molecule has 0 aromatic heterocycles. The molecular formula is C24H48O. The molecule has 0 radical (unpaired) electrons. The second-order valence-corrected chi connectivity index (χ2v) is 8.66. The minimum atomic E-state index is -0.000531. The number of aliphatic hydroxyl groups is 1. The van der Waals surface area contributed by atoms with Gasteiger partial charge in [0.05, 0.1) is 6.10 Å². The monoisotopic (exact) mass is 352 g/mol. The Morgan fingerprint density at radius 2 is 0.440 bits per heavy atom. The predicted octanol–water partition coefficient (Wildman–Crippen LogP) is 8.33. The minimum absolute atomic E-state index is 0.000531. The Morgan fingerprint density at radius 3 is 0.640 bits per heavy atom. The topological polar surface area (TPSA) is 20.2 Å². The van der Waals surface area contributed by atoms with E-state index in [1.54, 1.807) is 0 Å². The molecule has 25 heavy (non-hydrogen) atoms. The number of rotatable bonds is 0. The van der Waals surface area contributed by atoms with Gasteiger partial charge in [0.15, 0.2) is 0 Å². The van der Waals surface area contributed by atoms with Gasteiger partial charge in [0.25, 0.3) is 0 Å². The van der Waals surface area contributed by atoms with E-state index in [0.29, 0.717) is 0 Å². The highest BCUT2D eigenvalue weighted by atomic mass is 16.3. The first-order chi connectivity index (χ1) is 12.4. The SMILES string of the molecule is C1CCCCCCCCCCC1.OC1CCCCCCCCCCC1. The molecule has 2 fully saturated rings. The molecule has 1 heteroatoms. The summed E-state index contributed by atoms with van der Waals surface area (Å²) < 4.78 is 0. The molecule has 0 amide bonds. The van der Waals surface area contributed by atoms with Gasteiger partial charge in [-0.2, -0.15) is 0 Å². The molecule has 0 aromatic rings. The zero-order valence-corrected chi connectivity index (χ0v) is 17.3. The van der Waals surface area contributed by atoms with Crippen molar-refractivity contribution >= 4 is 0 Å². The molecule has 0 saturated heterocycles. The zero-order valence-electron chi connectivity index (χ0n) is 17.3. The van der Waals surface area contributed by atoms with Gasteiger partial charge < -0.3 is 5.11 Å². The minimum Gasteiger partial charge on any atom is -0.393 e. The van der Waals surface area contributed by atoms with Gasteiger partial charge in [-0.1, -0.05) is 135 Å². The molecule has 1 nitrogen and oxygen atoms in total. The average molecular weight is 353 g/mol. The van der Waals surface area contributed by atoms with Crippen LogP contribution in [0.2, 0.25) is 0 Å². The fraction of sp³-hybridized carbons (Fsp3) is 1.00. The van der Waals surface area contributed by atoms with Gasteiger partial charge in [-0.25, -0.2) is 0 Å². The van der Waals surface area contributed by atoms with Gasteiger partial charge in [-0.15, -0.1) is 0 Å². The van der Waals surface area contributed by atoms with Gasteiger partial charge in [0.2, 0.25) is 0 Å². The molecule has 0 atom stereocenters. The van der Waals surface area contributed by atoms with Crippen LogP contribution in [0.3, 0.4) is 0 Å². The fourth-order valence-corrected chi connectivity index (χ4v) is 4.26. The van der Waals surface area contributed by atoms with Crippen molar-refractivity contribution in [3.63, 3.8) is 0 Å². The van der Waals surface area contributed by atoms with E-state index in [1.165, 1.54) is 135 Å². The summed E-state index contributed by atoms with van der Waals surface area (Å²) in [7, 11) is 0. The lowest BCUT2D eigenvalue weighted by molar-refractivity contribution is 0.146. The van der Waals surface area contributed by atoms with Crippen LogP contribution in [0.1, 0.15) is 148 Å². The molecule has 2 aliphatic rings. The van der Waals surface area contributed by atoms with E-state index in [-0.39, 0.29) is 6.10 Å². The van der Waals surface area contributed by atoms with E-state index in [1.807, 2.05) is 0 Å². The Kier molecular flexibility index (Phi) is 17.2. The Balaban J connectivity index is 0.000000251. The first-order valence-electron chi connectivity index (χ1n) is 12.1. The smallest absolute Gasteiger partial charge is 0.0540 e. The lowest BCUT2D eigenvalue weighted by Crippen LogP contribution is -2.06. The van der Waals surface area contributed by atoms with Gasteiger partial charge in [0.1, 0.15) is 0 Å². The molecule has 0 spiro atoms. The zero-order chi connectivity index (χ0) is 17.8. The van der Waals surface area contributed by atoms with E-state index < -0.39 is 0 Å². The third kappa shape index (κ3) is 17.1. The van der Waals surface area contributed by atoms with Crippen LogP contribution in [0.5, 0.6) is 0 Å². The predicted molar refractivity (Wildman–Crippen MR) is 112 cm³/mol.